The maximum absolute atomic E-state index is 12.1. The zero-order valence-corrected chi connectivity index (χ0v) is 11.8. The monoisotopic (exact) mass is 293 g/mol. The van der Waals surface area contributed by atoms with Crippen molar-refractivity contribution in [3.05, 3.63) is 34.7 Å². The van der Waals surface area contributed by atoms with Crippen LogP contribution in [0.5, 0.6) is 0 Å². The topological polar surface area (TPSA) is 82.8 Å². The summed E-state index contributed by atoms with van der Waals surface area (Å²) < 4.78 is 1.51. The highest BCUT2D eigenvalue weighted by atomic mass is 16.4. The molecule has 1 saturated heterocycles. The van der Waals surface area contributed by atoms with E-state index in [1.807, 2.05) is 4.90 Å². The summed E-state index contributed by atoms with van der Waals surface area (Å²) in [5, 5.41) is 8.72. The zero-order valence-electron chi connectivity index (χ0n) is 11.8. The summed E-state index contributed by atoms with van der Waals surface area (Å²) in [5.74, 6) is -0.848. The van der Waals surface area contributed by atoms with Gasteiger partial charge in [-0.15, -0.1) is 0 Å². The number of carbonyl (C=O) groups excluding carboxylic acids is 1. The van der Waals surface area contributed by atoms with E-state index < -0.39 is 5.97 Å². The number of nitrogens with zero attached hydrogens (tertiary/aromatic N) is 3. The van der Waals surface area contributed by atoms with Gasteiger partial charge in [0.05, 0.1) is 6.54 Å². The number of pyridine rings is 1. The zero-order chi connectivity index (χ0) is 15.2. The summed E-state index contributed by atoms with van der Waals surface area (Å²) in [7, 11) is 0. The van der Waals surface area contributed by atoms with E-state index in [9.17, 15) is 14.4 Å². The third-order valence-electron chi connectivity index (χ3n) is 3.55. The van der Waals surface area contributed by atoms with Crippen LogP contribution in [0.3, 0.4) is 0 Å². The number of aromatic nitrogens is 1. The third kappa shape index (κ3) is 4.42. The molecule has 0 saturated carbocycles. The van der Waals surface area contributed by atoms with Gasteiger partial charge in [-0.25, -0.2) is 0 Å². The van der Waals surface area contributed by atoms with Crippen molar-refractivity contribution < 1.29 is 14.7 Å². The summed E-state index contributed by atoms with van der Waals surface area (Å²) in [4.78, 5) is 37.8. The number of rotatable bonds is 5. The summed E-state index contributed by atoms with van der Waals surface area (Å²) in [6, 6.07) is 4.90. The number of carbonyl (C=O) groups is 2. The minimum Gasteiger partial charge on any atom is -0.480 e. The second-order valence-corrected chi connectivity index (χ2v) is 5.03. The SMILES string of the molecule is O=C(O)CN1CCN(C(=O)CCn2ccccc2=O)CC1. The number of carboxylic acid groups (broad SMARTS) is 1. The number of hydrogen-bond acceptors (Lipinski definition) is 4. The van der Waals surface area contributed by atoms with Gasteiger partial charge in [0, 0.05) is 51.4 Å². The van der Waals surface area contributed by atoms with Gasteiger partial charge in [0.2, 0.25) is 5.91 Å². The lowest BCUT2D eigenvalue weighted by molar-refractivity contribution is -0.139. The molecule has 0 spiro atoms. The molecule has 1 fully saturated rings. The average Bonchev–Trinajstić information content (AvgIpc) is 2.46. The molecule has 1 aliphatic rings. The van der Waals surface area contributed by atoms with E-state index in [1.165, 1.54) is 10.6 Å². The van der Waals surface area contributed by atoms with E-state index in [0.29, 0.717) is 32.7 Å². The van der Waals surface area contributed by atoms with Crippen molar-refractivity contribution in [2.45, 2.75) is 13.0 Å². The molecule has 0 aromatic carbocycles. The molecule has 1 aromatic rings. The Labute approximate surface area is 122 Å². The molecule has 0 unspecified atom stereocenters. The van der Waals surface area contributed by atoms with Crippen molar-refractivity contribution in [1.82, 2.24) is 14.4 Å². The Bertz CT molecular complexity index is 561. The Balaban J connectivity index is 1.79. The molecular weight excluding hydrogens is 274 g/mol. The second kappa shape index (κ2) is 7.03. The van der Waals surface area contributed by atoms with E-state index in [0.717, 1.165) is 0 Å². The molecule has 21 heavy (non-hydrogen) atoms. The Morgan fingerprint density at radius 1 is 1.14 bits per heavy atom. The van der Waals surface area contributed by atoms with Gasteiger partial charge in [0.25, 0.3) is 5.56 Å². The van der Waals surface area contributed by atoms with Crippen molar-refractivity contribution in [1.29, 1.82) is 0 Å². The largest absolute Gasteiger partial charge is 0.480 e. The standard InChI is InChI=1S/C14H19N3O4/c18-12-3-1-2-5-16(12)6-4-13(19)17-9-7-15(8-10-17)11-14(20)21/h1-3,5H,4,6-11H2,(H,20,21). The molecule has 1 aliphatic heterocycles. The summed E-state index contributed by atoms with van der Waals surface area (Å²) >= 11 is 0. The maximum atomic E-state index is 12.1. The normalized spacial score (nSPS) is 15.9. The molecule has 0 atom stereocenters. The maximum Gasteiger partial charge on any atom is 0.317 e. The first-order valence-corrected chi connectivity index (χ1v) is 6.93. The van der Waals surface area contributed by atoms with Crippen LogP contribution >= 0.6 is 0 Å². The summed E-state index contributed by atoms with van der Waals surface area (Å²) in [6.07, 6.45) is 1.95. The molecule has 7 heteroatoms. The van der Waals surface area contributed by atoms with Gasteiger partial charge >= 0.3 is 5.97 Å². The van der Waals surface area contributed by atoms with Crippen LogP contribution in [0.2, 0.25) is 0 Å². The van der Waals surface area contributed by atoms with Crippen LogP contribution in [0.15, 0.2) is 29.2 Å². The number of carboxylic acids is 1. The van der Waals surface area contributed by atoms with E-state index in [1.54, 1.807) is 23.2 Å². The van der Waals surface area contributed by atoms with Crippen molar-refractivity contribution >= 4 is 11.9 Å². The average molecular weight is 293 g/mol. The first-order chi connectivity index (χ1) is 10.1. The fourth-order valence-electron chi connectivity index (χ4n) is 2.37. The minimum absolute atomic E-state index is 0.000674. The summed E-state index contributed by atoms with van der Waals surface area (Å²) in [6.45, 7) is 2.60. The van der Waals surface area contributed by atoms with Crippen LogP contribution in [0.25, 0.3) is 0 Å². The van der Waals surface area contributed by atoms with Gasteiger partial charge in [0.15, 0.2) is 0 Å². The van der Waals surface area contributed by atoms with Crippen LogP contribution in [-0.2, 0) is 16.1 Å². The van der Waals surface area contributed by atoms with Crippen LogP contribution in [0, 0.1) is 0 Å². The smallest absolute Gasteiger partial charge is 0.317 e. The summed E-state index contributed by atoms with van der Waals surface area (Å²) in [5.41, 5.74) is -0.114. The third-order valence-corrected chi connectivity index (χ3v) is 3.55. The predicted octanol–water partition coefficient (Wildman–Crippen LogP) is -0.533. The Morgan fingerprint density at radius 2 is 1.86 bits per heavy atom. The number of aliphatic carboxylic acids is 1. The van der Waals surface area contributed by atoms with Crippen LogP contribution in [-0.4, -0.2) is 64.1 Å². The highest BCUT2D eigenvalue weighted by Gasteiger charge is 2.21. The van der Waals surface area contributed by atoms with Crippen LogP contribution in [0.1, 0.15) is 6.42 Å². The predicted molar refractivity (Wildman–Crippen MR) is 76.0 cm³/mol. The molecule has 2 rings (SSSR count). The highest BCUT2D eigenvalue weighted by molar-refractivity contribution is 5.76. The Morgan fingerprint density at radius 3 is 2.48 bits per heavy atom. The van der Waals surface area contributed by atoms with E-state index in [-0.39, 0.29) is 24.4 Å². The Hall–Kier alpha value is -2.15. The van der Waals surface area contributed by atoms with Gasteiger partial charge in [-0.1, -0.05) is 6.07 Å². The molecule has 1 N–H and O–H groups in total. The number of amides is 1. The molecule has 1 aromatic heterocycles. The molecule has 0 radical (unpaired) electrons. The molecule has 0 aliphatic carbocycles. The lowest BCUT2D eigenvalue weighted by Gasteiger charge is -2.33. The van der Waals surface area contributed by atoms with Crippen LogP contribution < -0.4 is 5.56 Å². The lowest BCUT2D eigenvalue weighted by Crippen LogP contribution is -2.50. The number of piperazine rings is 1. The van der Waals surface area contributed by atoms with Gasteiger partial charge in [-0.3, -0.25) is 19.3 Å². The number of aryl methyl sites for hydroxylation is 1. The van der Waals surface area contributed by atoms with E-state index >= 15 is 0 Å². The van der Waals surface area contributed by atoms with Gasteiger partial charge in [0.1, 0.15) is 0 Å². The molecule has 1 amide bonds. The molecule has 2 heterocycles. The molecule has 114 valence electrons. The molecule has 0 bridgehead atoms. The lowest BCUT2D eigenvalue weighted by atomic mass is 10.2. The molecule has 7 nitrogen and oxygen atoms in total. The fourth-order valence-corrected chi connectivity index (χ4v) is 2.37. The second-order valence-electron chi connectivity index (χ2n) is 5.03. The van der Waals surface area contributed by atoms with Gasteiger partial charge in [-0.2, -0.15) is 0 Å². The van der Waals surface area contributed by atoms with Crippen LogP contribution in [0.4, 0.5) is 0 Å². The minimum atomic E-state index is -0.849. The first kappa shape index (κ1) is 15.2. The Kier molecular flexibility index (Phi) is 5.10. The number of hydrogen-bond donors (Lipinski definition) is 1. The van der Waals surface area contributed by atoms with E-state index in [4.69, 9.17) is 5.11 Å². The fraction of sp³-hybridized carbons (Fsp3) is 0.500. The van der Waals surface area contributed by atoms with Gasteiger partial charge in [-0.05, 0) is 6.07 Å². The quantitative estimate of drug-likeness (QED) is 0.789. The van der Waals surface area contributed by atoms with Gasteiger partial charge < -0.3 is 14.6 Å². The van der Waals surface area contributed by atoms with Crippen molar-refractivity contribution in [3.8, 4) is 0 Å². The first-order valence-electron chi connectivity index (χ1n) is 6.93. The van der Waals surface area contributed by atoms with E-state index in [2.05, 4.69) is 0 Å². The van der Waals surface area contributed by atoms with Crippen molar-refractivity contribution in [2.24, 2.45) is 0 Å². The molecular formula is C14H19N3O4. The van der Waals surface area contributed by atoms with Crippen molar-refractivity contribution in [3.63, 3.8) is 0 Å². The highest BCUT2D eigenvalue weighted by Crippen LogP contribution is 2.04. The van der Waals surface area contributed by atoms with Crippen molar-refractivity contribution in [2.75, 3.05) is 32.7 Å².